The predicted molar refractivity (Wildman–Crippen MR) is 47.2 cm³/mol. The zero-order valence-corrected chi connectivity index (χ0v) is 7.56. The number of anilines is 1. The molecular formula is C8H7ClFNO2. The average Bonchev–Trinajstić information content (AvgIpc) is 2.10. The second kappa shape index (κ2) is 3.62. The molecule has 0 aliphatic heterocycles. The fourth-order valence-corrected chi connectivity index (χ4v) is 0.982. The maximum atomic E-state index is 13.0. The number of halogens is 2. The summed E-state index contributed by atoms with van der Waals surface area (Å²) in [5.74, 6) is -1.52. The standard InChI is InChI=1S/C8H7ClFNO2/c1-13-8(12)4-2-7(11)5(9)3-6(4)10/h2-3H,11H2,1H3. The first kappa shape index (κ1) is 9.80. The van der Waals surface area contributed by atoms with E-state index in [4.69, 9.17) is 17.3 Å². The van der Waals surface area contributed by atoms with Gasteiger partial charge in [0.15, 0.2) is 0 Å². The molecule has 13 heavy (non-hydrogen) atoms. The monoisotopic (exact) mass is 203 g/mol. The minimum absolute atomic E-state index is 0.0742. The van der Waals surface area contributed by atoms with Crippen LogP contribution in [-0.4, -0.2) is 13.1 Å². The lowest BCUT2D eigenvalue weighted by molar-refractivity contribution is 0.0595. The first-order valence-corrected chi connectivity index (χ1v) is 3.77. The van der Waals surface area contributed by atoms with Gasteiger partial charge in [-0.25, -0.2) is 9.18 Å². The Morgan fingerprint density at radius 2 is 2.23 bits per heavy atom. The molecule has 0 amide bonds. The van der Waals surface area contributed by atoms with E-state index >= 15 is 0 Å². The topological polar surface area (TPSA) is 52.3 Å². The number of nitrogen functional groups attached to an aromatic ring is 1. The third-order valence-corrected chi connectivity index (χ3v) is 1.82. The molecule has 3 nitrogen and oxygen atoms in total. The van der Waals surface area contributed by atoms with Crippen LogP contribution in [0.1, 0.15) is 10.4 Å². The third kappa shape index (κ3) is 1.89. The first-order valence-electron chi connectivity index (χ1n) is 3.39. The van der Waals surface area contributed by atoms with Crippen molar-refractivity contribution >= 4 is 23.3 Å². The molecule has 0 unspecified atom stereocenters. The molecule has 0 heterocycles. The summed E-state index contributed by atoms with van der Waals surface area (Å²) < 4.78 is 17.4. The second-order valence-corrected chi connectivity index (χ2v) is 2.75. The molecular weight excluding hydrogens is 197 g/mol. The summed E-state index contributed by atoms with van der Waals surface area (Å²) in [5.41, 5.74) is 5.30. The van der Waals surface area contributed by atoms with Crippen molar-refractivity contribution in [2.75, 3.05) is 12.8 Å². The highest BCUT2D eigenvalue weighted by Crippen LogP contribution is 2.22. The molecule has 0 saturated heterocycles. The number of carbonyl (C=O) groups excluding carboxylic acids is 1. The Balaban J connectivity index is 3.23. The number of hydrogen-bond donors (Lipinski definition) is 1. The lowest BCUT2D eigenvalue weighted by Gasteiger charge is -2.03. The van der Waals surface area contributed by atoms with Gasteiger partial charge in [-0.15, -0.1) is 0 Å². The fraction of sp³-hybridized carbons (Fsp3) is 0.125. The highest BCUT2D eigenvalue weighted by atomic mass is 35.5. The molecule has 0 bridgehead atoms. The van der Waals surface area contributed by atoms with E-state index in [0.717, 1.165) is 19.2 Å². The number of nitrogens with two attached hydrogens (primary N) is 1. The van der Waals surface area contributed by atoms with Crippen LogP contribution in [-0.2, 0) is 4.74 Å². The van der Waals surface area contributed by atoms with E-state index in [2.05, 4.69) is 4.74 Å². The first-order chi connectivity index (χ1) is 6.06. The number of ether oxygens (including phenoxy) is 1. The quantitative estimate of drug-likeness (QED) is 0.560. The van der Waals surface area contributed by atoms with E-state index in [9.17, 15) is 9.18 Å². The van der Waals surface area contributed by atoms with Crippen LogP contribution in [0.5, 0.6) is 0 Å². The van der Waals surface area contributed by atoms with Gasteiger partial charge in [0.2, 0.25) is 0 Å². The van der Waals surface area contributed by atoms with Gasteiger partial charge >= 0.3 is 5.97 Å². The number of esters is 1. The summed E-state index contributed by atoms with van der Waals surface area (Å²) in [6.07, 6.45) is 0. The minimum atomic E-state index is -0.777. The maximum absolute atomic E-state index is 13.0. The minimum Gasteiger partial charge on any atom is -0.465 e. The summed E-state index contributed by atoms with van der Waals surface area (Å²) in [7, 11) is 1.16. The number of benzene rings is 1. The third-order valence-electron chi connectivity index (χ3n) is 1.49. The largest absolute Gasteiger partial charge is 0.465 e. The van der Waals surface area contributed by atoms with E-state index in [1.807, 2.05) is 0 Å². The fourth-order valence-electron chi connectivity index (χ4n) is 0.832. The van der Waals surface area contributed by atoms with Crippen molar-refractivity contribution in [1.82, 2.24) is 0 Å². The molecule has 1 aromatic carbocycles. The molecule has 0 spiro atoms. The van der Waals surface area contributed by atoms with Crippen molar-refractivity contribution in [2.24, 2.45) is 0 Å². The summed E-state index contributed by atoms with van der Waals surface area (Å²) in [6.45, 7) is 0. The molecule has 0 aromatic heterocycles. The molecule has 0 atom stereocenters. The second-order valence-electron chi connectivity index (χ2n) is 2.35. The van der Waals surface area contributed by atoms with Crippen LogP contribution in [0.3, 0.4) is 0 Å². The van der Waals surface area contributed by atoms with Gasteiger partial charge in [-0.2, -0.15) is 0 Å². The Kier molecular flexibility index (Phi) is 2.72. The summed E-state index contributed by atoms with van der Waals surface area (Å²) in [5, 5.41) is 0.0742. The number of rotatable bonds is 1. The van der Waals surface area contributed by atoms with Crippen LogP contribution in [0.25, 0.3) is 0 Å². The van der Waals surface area contributed by atoms with Crippen molar-refractivity contribution in [1.29, 1.82) is 0 Å². The molecule has 0 saturated carbocycles. The van der Waals surface area contributed by atoms with Crippen LogP contribution >= 0.6 is 11.6 Å². The van der Waals surface area contributed by atoms with Gasteiger partial charge in [0.1, 0.15) is 5.82 Å². The van der Waals surface area contributed by atoms with Crippen molar-refractivity contribution in [3.8, 4) is 0 Å². The molecule has 1 aromatic rings. The van der Waals surface area contributed by atoms with Gasteiger partial charge in [-0.05, 0) is 12.1 Å². The van der Waals surface area contributed by atoms with Crippen LogP contribution < -0.4 is 5.73 Å². The van der Waals surface area contributed by atoms with Gasteiger partial charge in [0.25, 0.3) is 0 Å². The zero-order valence-electron chi connectivity index (χ0n) is 6.80. The highest BCUT2D eigenvalue weighted by molar-refractivity contribution is 6.33. The van der Waals surface area contributed by atoms with E-state index in [-0.39, 0.29) is 16.3 Å². The Hall–Kier alpha value is -1.29. The molecule has 0 aliphatic rings. The van der Waals surface area contributed by atoms with Gasteiger partial charge in [0, 0.05) is 0 Å². The van der Waals surface area contributed by atoms with E-state index < -0.39 is 11.8 Å². The summed E-state index contributed by atoms with van der Waals surface area (Å²) in [6, 6.07) is 2.12. The van der Waals surface area contributed by atoms with E-state index in [1.165, 1.54) is 0 Å². The molecule has 1 rings (SSSR count). The number of methoxy groups -OCH3 is 1. The molecule has 0 aliphatic carbocycles. The molecule has 2 N–H and O–H groups in total. The smallest absolute Gasteiger partial charge is 0.340 e. The van der Waals surface area contributed by atoms with Crippen LogP contribution in [0.2, 0.25) is 5.02 Å². The van der Waals surface area contributed by atoms with Crippen LogP contribution in [0.15, 0.2) is 12.1 Å². The van der Waals surface area contributed by atoms with Crippen LogP contribution in [0.4, 0.5) is 10.1 Å². The number of hydrogen-bond acceptors (Lipinski definition) is 3. The SMILES string of the molecule is COC(=O)c1cc(N)c(Cl)cc1F. The van der Waals surface area contributed by atoms with Gasteiger partial charge in [-0.1, -0.05) is 11.6 Å². The number of carbonyl (C=O) groups is 1. The Morgan fingerprint density at radius 1 is 1.62 bits per heavy atom. The van der Waals surface area contributed by atoms with Crippen molar-refractivity contribution in [2.45, 2.75) is 0 Å². The van der Waals surface area contributed by atoms with Crippen molar-refractivity contribution in [3.63, 3.8) is 0 Å². The Labute approximate surface area is 79.2 Å². The molecule has 70 valence electrons. The molecule has 5 heteroatoms. The maximum Gasteiger partial charge on any atom is 0.340 e. The Morgan fingerprint density at radius 3 is 2.77 bits per heavy atom. The van der Waals surface area contributed by atoms with Crippen LogP contribution in [0, 0.1) is 5.82 Å². The van der Waals surface area contributed by atoms with E-state index in [1.54, 1.807) is 0 Å². The molecule has 0 radical (unpaired) electrons. The van der Waals surface area contributed by atoms with Gasteiger partial charge in [0.05, 0.1) is 23.4 Å². The summed E-state index contributed by atoms with van der Waals surface area (Å²) in [4.78, 5) is 10.9. The molecule has 0 fully saturated rings. The zero-order chi connectivity index (χ0) is 10.0. The summed E-state index contributed by atoms with van der Waals surface area (Å²) >= 11 is 5.52. The Bertz CT molecular complexity index is 354. The predicted octanol–water partition coefficient (Wildman–Crippen LogP) is 1.85. The van der Waals surface area contributed by atoms with Crippen molar-refractivity contribution < 1.29 is 13.9 Å². The highest BCUT2D eigenvalue weighted by Gasteiger charge is 2.13. The lowest BCUT2D eigenvalue weighted by Crippen LogP contribution is -2.05. The van der Waals surface area contributed by atoms with Gasteiger partial charge in [-0.3, -0.25) is 0 Å². The average molecular weight is 204 g/mol. The van der Waals surface area contributed by atoms with E-state index in [0.29, 0.717) is 0 Å². The lowest BCUT2D eigenvalue weighted by atomic mass is 10.2. The van der Waals surface area contributed by atoms with Gasteiger partial charge < -0.3 is 10.5 Å². The normalized spacial score (nSPS) is 9.77. The van der Waals surface area contributed by atoms with Crippen molar-refractivity contribution in [3.05, 3.63) is 28.5 Å².